The molecule has 2 aromatic carbocycles. The predicted molar refractivity (Wildman–Crippen MR) is 89.4 cm³/mol. The highest BCUT2D eigenvalue weighted by molar-refractivity contribution is 7.89. The highest BCUT2D eigenvalue weighted by atomic mass is 32.2. The molecule has 1 amide bonds. The van der Waals surface area contributed by atoms with Crippen molar-refractivity contribution in [2.75, 3.05) is 25.6 Å². The van der Waals surface area contributed by atoms with Crippen LogP contribution in [0.25, 0.3) is 10.8 Å². The lowest BCUT2D eigenvalue weighted by Gasteiger charge is -2.17. The summed E-state index contributed by atoms with van der Waals surface area (Å²) >= 11 is 0. The standard InChI is InChI=1S/C15H19N3O5S/c1-18(2)14-5-3-4-10-6-7-11(8-12(10)14)24(22,23)17-13(9-19)15(20)16-21/h3-8,13,17,19,21H,9H2,1-2H3,(H,16,20)/t13-/m0/s1. The van der Waals surface area contributed by atoms with Crippen LogP contribution in [0.15, 0.2) is 41.3 Å². The van der Waals surface area contributed by atoms with E-state index in [1.54, 1.807) is 6.07 Å². The first kappa shape index (κ1) is 18.1. The summed E-state index contributed by atoms with van der Waals surface area (Å²) in [4.78, 5) is 13.2. The van der Waals surface area contributed by atoms with E-state index in [1.165, 1.54) is 17.6 Å². The molecule has 0 aromatic heterocycles. The first-order valence-electron chi connectivity index (χ1n) is 7.07. The number of amides is 1. The van der Waals surface area contributed by atoms with Crippen LogP contribution in [-0.2, 0) is 14.8 Å². The monoisotopic (exact) mass is 353 g/mol. The van der Waals surface area contributed by atoms with Crippen LogP contribution < -0.4 is 15.1 Å². The Hall–Kier alpha value is -2.20. The summed E-state index contributed by atoms with van der Waals surface area (Å²) in [6, 6.07) is 8.69. The summed E-state index contributed by atoms with van der Waals surface area (Å²) in [5, 5.41) is 19.3. The fourth-order valence-electron chi connectivity index (χ4n) is 2.30. The van der Waals surface area contributed by atoms with E-state index in [0.717, 1.165) is 16.5 Å². The van der Waals surface area contributed by atoms with Crippen LogP contribution in [-0.4, -0.2) is 51.4 Å². The Morgan fingerprint density at radius 3 is 2.54 bits per heavy atom. The Balaban J connectivity index is 2.47. The maximum absolute atomic E-state index is 12.4. The summed E-state index contributed by atoms with van der Waals surface area (Å²) in [5.41, 5.74) is 2.16. The second-order valence-electron chi connectivity index (χ2n) is 5.39. The van der Waals surface area contributed by atoms with Gasteiger partial charge in [0.2, 0.25) is 10.0 Å². The summed E-state index contributed by atoms with van der Waals surface area (Å²) < 4.78 is 27.0. The Morgan fingerprint density at radius 1 is 1.25 bits per heavy atom. The molecule has 0 fully saturated rings. The number of hydroxylamine groups is 1. The third kappa shape index (κ3) is 3.65. The molecule has 0 saturated carbocycles. The Labute approximate surface area is 139 Å². The van der Waals surface area contributed by atoms with Crippen molar-refractivity contribution in [2.45, 2.75) is 10.9 Å². The van der Waals surface area contributed by atoms with Crippen molar-refractivity contribution in [3.8, 4) is 0 Å². The minimum absolute atomic E-state index is 0.0477. The molecule has 2 aromatic rings. The largest absolute Gasteiger partial charge is 0.394 e. The number of nitrogens with zero attached hydrogens (tertiary/aromatic N) is 1. The van der Waals surface area contributed by atoms with Gasteiger partial charge in [0.1, 0.15) is 6.04 Å². The van der Waals surface area contributed by atoms with Crippen molar-refractivity contribution in [1.29, 1.82) is 0 Å². The molecule has 0 saturated heterocycles. The molecule has 9 heteroatoms. The van der Waals surface area contributed by atoms with Crippen molar-refractivity contribution >= 4 is 32.4 Å². The highest BCUT2D eigenvalue weighted by Crippen LogP contribution is 2.27. The van der Waals surface area contributed by atoms with Gasteiger partial charge in [0.15, 0.2) is 0 Å². The van der Waals surface area contributed by atoms with Gasteiger partial charge >= 0.3 is 0 Å². The number of benzene rings is 2. The van der Waals surface area contributed by atoms with E-state index >= 15 is 0 Å². The number of aliphatic hydroxyl groups is 1. The van der Waals surface area contributed by atoms with E-state index in [1.807, 2.05) is 37.2 Å². The average molecular weight is 353 g/mol. The van der Waals surface area contributed by atoms with Gasteiger partial charge in [-0.15, -0.1) is 0 Å². The van der Waals surface area contributed by atoms with Crippen molar-refractivity contribution in [3.05, 3.63) is 36.4 Å². The first-order valence-corrected chi connectivity index (χ1v) is 8.55. The zero-order valence-corrected chi connectivity index (χ0v) is 14.0. The van der Waals surface area contributed by atoms with Gasteiger partial charge in [-0.05, 0) is 23.6 Å². The van der Waals surface area contributed by atoms with Gasteiger partial charge in [0, 0.05) is 25.2 Å². The molecule has 0 aliphatic heterocycles. The number of anilines is 1. The van der Waals surface area contributed by atoms with E-state index < -0.39 is 28.6 Å². The zero-order valence-electron chi connectivity index (χ0n) is 13.2. The minimum atomic E-state index is -4.06. The lowest BCUT2D eigenvalue weighted by molar-refractivity contribution is -0.131. The lowest BCUT2D eigenvalue weighted by Crippen LogP contribution is -2.47. The number of aliphatic hydroxyl groups excluding tert-OH is 1. The maximum atomic E-state index is 12.4. The zero-order chi connectivity index (χ0) is 17.9. The van der Waals surface area contributed by atoms with Gasteiger partial charge in [-0.1, -0.05) is 18.2 Å². The number of hydrogen-bond acceptors (Lipinski definition) is 6. The van der Waals surface area contributed by atoms with E-state index in [2.05, 4.69) is 4.72 Å². The van der Waals surface area contributed by atoms with Crippen LogP contribution in [0.2, 0.25) is 0 Å². The van der Waals surface area contributed by atoms with Crippen molar-refractivity contribution < 1.29 is 23.5 Å². The second kappa shape index (κ2) is 7.14. The molecule has 1 atom stereocenters. The smallest absolute Gasteiger partial charge is 0.263 e. The molecule has 2 rings (SSSR count). The molecule has 0 aliphatic carbocycles. The molecular formula is C15H19N3O5S. The predicted octanol–water partition coefficient (Wildman–Crippen LogP) is 0.0504. The summed E-state index contributed by atoms with van der Waals surface area (Å²) in [7, 11) is -0.364. The van der Waals surface area contributed by atoms with Crippen LogP contribution in [0.5, 0.6) is 0 Å². The lowest BCUT2D eigenvalue weighted by atomic mass is 10.1. The van der Waals surface area contributed by atoms with Crippen molar-refractivity contribution in [2.24, 2.45) is 0 Å². The van der Waals surface area contributed by atoms with E-state index in [9.17, 15) is 13.2 Å². The number of rotatable bonds is 6. The Kier molecular flexibility index (Phi) is 5.40. The van der Waals surface area contributed by atoms with Gasteiger partial charge in [0.05, 0.1) is 11.5 Å². The molecule has 8 nitrogen and oxygen atoms in total. The van der Waals surface area contributed by atoms with Crippen LogP contribution in [0, 0.1) is 0 Å². The van der Waals surface area contributed by atoms with Gasteiger partial charge in [-0.2, -0.15) is 4.72 Å². The fraction of sp³-hybridized carbons (Fsp3) is 0.267. The topological polar surface area (TPSA) is 119 Å². The van der Waals surface area contributed by atoms with Crippen LogP contribution in [0.3, 0.4) is 0 Å². The molecule has 24 heavy (non-hydrogen) atoms. The number of fused-ring (bicyclic) bond motifs is 1. The normalized spacial score (nSPS) is 12.8. The number of nitrogens with one attached hydrogen (secondary N) is 2. The van der Waals surface area contributed by atoms with Crippen LogP contribution in [0.1, 0.15) is 0 Å². The molecule has 0 unspecified atom stereocenters. The minimum Gasteiger partial charge on any atom is -0.394 e. The van der Waals surface area contributed by atoms with Gasteiger partial charge in [0.25, 0.3) is 5.91 Å². The Morgan fingerprint density at radius 2 is 1.96 bits per heavy atom. The molecule has 0 radical (unpaired) electrons. The fourth-order valence-corrected chi connectivity index (χ4v) is 3.51. The quantitative estimate of drug-likeness (QED) is 0.430. The summed E-state index contributed by atoms with van der Waals surface area (Å²) in [5.74, 6) is -1.05. The second-order valence-corrected chi connectivity index (χ2v) is 7.10. The van der Waals surface area contributed by atoms with Crippen molar-refractivity contribution in [1.82, 2.24) is 10.2 Å². The number of hydrogen-bond donors (Lipinski definition) is 4. The first-order chi connectivity index (χ1) is 11.3. The maximum Gasteiger partial charge on any atom is 0.263 e. The van der Waals surface area contributed by atoms with E-state index in [4.69, 9.17) is 10.3 Å². The highest BCUT2D eigenvalue weighted by Gasteiger charge is 2.25. The third-order valence-electron chi connectivity index (χ3n) is 3.53. The van der Waals surface area contributed by atoms with Gasteiger partial charge in [-0.3, -0.25) is 10.0 Å². The molecule has 0 heterocycles. The molecule has 0 spiro atoms. The number of carbonyl (C=O) groups is 1. The van der Waals surface area contributed by atoms with Crippen LogP contribution in [0.4, 0.5) is 5.69 Å². The van der Waals surface area contributed by atoms with Crippen molar-refractivity contribution in [3.63, 3.8) is 0 Å². The average Bonchev–Trinajstić information content (AvgIpc) is 2.57. The van der Waals surface area contributed by atoms with E-state index in [0.29, 0.717) is 0 Å². The SMILES string of the molecule is CN(C)c1cccc2ccc(S(=O)(=O)N[C@@H](CO)C(=O)NO)cc12. The van der Waals surface area contributed by atoms with Gasteiger partial charge < -0.3 is 10.0 Å². The number of sulfonamides is 1. The van der Waals surface area contributed by atoms with Gasteiger partial charge in [-0.25, -0.2) is 13.9 Å². The van der Waals surface area contributed by atoms with Crippen LogP contribution >= 0.6 is 0 Å². The molecule has 0 bridgehead atoms. The molecule has 130 valence electrons. The summed E-state index contributed by atoms with van der Waals surface area (Å²) in [6.07, 6.45) is 0. The molecular weight excluding hydrogens is 334 g/mol. The molecule has 4 N–H and O–H groups in total. The third-order valence-corrected chi connectivity index (χ3v) is 5.00. The Bertz CT molecular complexity index is 851. The summed E-state index contributed by atoms with van der Waals surface area (Å²) in [6.45, 7) is -0.790. The molecule has 0 aliphatic rings. The van der Waals surface area contributed by atoms with E-state index in [-0.39, 0.29) is 4.90 Å². The number of carbonyl (C=O) groups excluding carboxylic acids is 1.